The molecule has 1 amide bonds. The van der Waals surface area contributed by atoms with Crippen LogP contribution in [0.3, 0.4) is 0 Å². The van der Waals surface area contributed by atoms with E-state index in [4.69, 9.17) is 13.8 Å². The Morgan fingerprint density at radius 2 is 0.753 bits per heavy atom. The van der Waals surface area contributed by atoms with Crippen molar-refractivity contribution in [1.29, 1.82) is 0 Å². The first-order valence-electron chi connectivity index (χ1n) is 35.3. The number of hydrogen-bond donors (Lipinski definition) is 2. The topological polar surface area (TPSA) is 111 Å². The molecule has 81 heavy (non-hydrogen) atoms. The van der Waals surface area contributed by atoms with Crippen molar-refractivity contribution in [2.24, 2.45) is 0 Å². The third-order valence-electron chi connectivity index (χ3n) is 16.1. The Labute approximate surface area is 504 Å². The highest BCUT2D eigenvalue weighted by atomic mass is 31.2. The molecule has 3 unspecified atom stereocenters. The average molecular weight is 1160 g/mol. The number of allylic oxidation sites excluding steroid dienone is 5. The Kier molecular flexibility index (Phi) is 60.0. The van der Waals surface area contributed by atoms with Crippen LogP contribution in [0.25, 0.3) is 0 Å². The van der Waals surface area contributed by atoms with Crippen molar-refractivity contribution in [1.82, 2.24) is 5.32 Å². The van der Waals surface area contributed by atoms with E-state index in [1.54, 1.807) is 0 Å². The number of carbonyl (C=O) groups excluding carboxylic acids is 2. The zero-order valence-corrected chi connectivity index (χ0v) is 55.7. The summed E-state index contributed by atoms with van der Waals surface area (Å²) in [5, 5.41) is 3.07. The smallest absolute Gasteiger partial charge is 0.456 e. The van der Waals surface area contributed by atoms with Gasteiger partial charge in [-0.3, -0.25) is 18.6 Å². The number of hydrogen-bond acceptors (Lipinski definition) is 6. The molecule has 9 nitrogen and oxygen atoms in total. The molecule has 0 saturated heterocycles. The Morgan fingerprint density at radius 1 is 0.432 bits per heavy atom. The van der Waals surface area contributed by atoms with Crippen molar-refractivity contribution in [2.75, 3.05) is 40.9 Å². The monoisotopic (exact) mass is 1160 g/mol. The molecule has 0 aliphatic heterocycles. The van der Waals surface area contributed by atoms with Crippen LogP contribution < -0.4 is 5.32 Å². The van der Waals surface area contributed by atoms with Crippen LogP contribution in [0.15, 0.2) is 36.5 Å². The lowest BCUT2D eigenvalue weighted by molar-refractivity contribution is -0.870. The maximum atomic E-state index is 13.6. The molecule has 0 aromatic carbocycles. The number of likely N-dealkylation sites (N-methyl/N-ethyl adjacent to an activating group) is 1. The van der Waals surface area contributed by atoms with Gasteiger partial charge in [0.15, 0.2) is 0 Å². The fourth-order valence-corrected chi connectivity index (χ4v) is 11.4. The van der Waals surface area contributed by atoms with Gasteiger partial charge in [-0.1, -0.05) is 314 Å². The fraction of sp³-hybridized carbons (Fsp3) is 0.887. The highest BCUT2D eigenvalue weighted by Crippen LogP contribution is 2.43. The van der Waals surface area contributed by atoms with Gasteiger partial charge in [-0.2, -0.15) is 0 Å². The van der Waals surface area contributed by atoms with Gasteiger partial charge in [0.05, 0.1) is 33.8 Å². The second kappa shape index (κ2) is 61.3. The van der Waals surface area contributed by atoms with Crippen LogP contribution in [0.1, 0.15) is 355 Å². The first kappa shape index (κ1) is 79.2. The van der Waals surface area contributed by atoms with E-state index in [1.807, 2.05) is 33.3 Å². The van der Waals surface area contributed by atoms with Crippen LogP contribution in [0.2, 0.25) is 0 Å². The van der Waals surface area contributed by atoms with Crippen LogP contribution in [0.4, 0.5) is 0 Å². The molecule has 478 valence electrons. The Hall–Kier alpha value is -1.77. The van der Waals surface area contributed by atoms with Crippen molar-refractivity contribution >= 4 is 19.7 Å². The van der Waals surface area contributed by atoms with Crippen LogP contribution in [0.5, 0.6) is 0 Å². The molecule has 0 aromatic rings. The molecule has 3 atom stereocenters. The summed E-state index contributed by atoms with van der Waals surface area (Å²) in [5.41, 5.74) is 0. The van der Waals surface area contributed by atoms with E-state index in [1.165, 1.54) is 257 Å². The van der Waals surface area contributed by atoms with Gasteiger partial charge in [0, 0.05) is 12.8 Å². The van der Waals surface area contributed by atoms with Crippen molar-refractivity contribution in [3.8, 4) is 0 Å². The minimum absolute atomic E-state index is 0.0437. The predicted molar refractivity (Wildman–Crippen MR) is 351 cm³/mol. The molecule has 0 radical (unpaired) electrons. The number of unbranched alkanes of at least 4 members (excludes halogenated alkanes) is 45. The molecule has 0 fully saturated rings. The van der Waals surface area contributed by atoms with Gasteiger partial charge in [-0.25, -0.2) is 4.57 Å². The van der Waals surface area contributed by atoms with E-state index in [9.17, 15) is 19.0 Å². The number of nitrogens with one attached hydrogen (secondary N) is 1. The SMILES string of the molecule is CCCCC/C=C\C/C=C\CCCCCCCCCCCCCCCCCCCC(=O)NC(COP(=O)(O)OCC[N+](C)(C)C)C(/C=C\CCCCCCCCCCC)OC(=O)CCCCCCCCCCCCCCCCCCC. The normalized spacial score (nSPS) is 13.7. The minimum Gasteiger partial charge on any atom is -0.456 e. The van der Waals surface area contributed by atoms with Crippen LogP contribution in [0, 0.1) is 0 Å². The largest absolute Gasteiger partial charge is 0.472 e. The van der Waals surface area contributed by atoms with E-state index in [0.29, 0.717) is 23.9 Å². The maximum absolute atomic E-state index is 13.6. The first-order valence-corrected chi connectivity index (χ1v) is 36.8. The number of phosphoric acid groups is 1. The van der Waals surface area contributed by atoms with Crippen molar-refractivity contribution in [3.05, 3.63) is 36.5 Å². The molecule has 0 spiro atoms. The lowest BCUT2D eigenvalue weighted by Crippen LogP contribution is -2.47. The van der Waals surface area contributed by atoms with E-state index in [2.05, 4.69) is 50.4 Å². The summed E-state index contributed by atoms with van der Waals surface area (Å²) in [4.78, 5) is 37.8. The summed E-state index contributed by atoms with van der Waals surface area (Å²) in [6.07, 6.45) is 75.9. The summed E-state index contributed by atoms with van der Waals surface area (Å²) in [7, 11) is 1.51. The van der Waals surface area contributed by atoms with Crippen LogP contribution >= 0.6 is 7.82 Å². The molecule has 0 bridgehead atoms. The Morgan fingerprint density at radius 3 is 1.14 bits per heavy atom. The van der Waals surface area contributed by atoms with Gasteiger partial charge < -0.3 is 19.4 Å². The number of carbonyl (C=O) groups is 2. The number of rotatable bonds is 65. The Balaban J connectivity index is 4.94. The summed E-state index contributed by atoms with van der Waals surface area (Å²) < 4.78 is 30.8. The molecule has 0 aliphatic carbocycles. The van der Waals surface area contributed by atoms with E-state index in [0.717, 1.165) is 64.2 Å². The van der Waals surface area contributed by atoms with Crippen molar-refractivity contribution in [3.63, 3.8) is 0 Å². The van der Waals surface area contributed by atoms with Gasteiger partial charge in [-0.05, 0) is 63.9 Å². The quantitative estimate of drug-likeness (QED) is 0.0205. The highest BCUT2D eigenvalue weighted by molar-refractivity contribution is 7.47. The summed E-state index contributed by atoms with van der Waals surface area (Å²) in [6, 6.07) is -0.843. The highest BCUT2D eigenvalue weighted by Gasteiger charge is 2.30. The summed E-state index contributed by atoms with van der Waals surface area (Å²) in [6.45, 7) is 7.04. The fourth-order valence-electron chi connectivity index (χ4n) is 10.6. The van der Waals surface area contributed by atoms with E-state index in [-0.39, 0.29) is 25.1 Å². The van der Waals surface area contributed by atoms with Gasteiger partial charge in [0.2, 0.25) is 5.91 Å². The zero-order valence-electron chi connectivity index (χ0n) is 54.8. The maximum Gasteiger partial charge on any atom is 0.472 e. The second-order valence-electron chi connectivity index (χ2n) is 25.4. The lowest BCUT2D eigenvalue weighted by Gasteiger charge is -2.27. The summed E-state index contributed by atoms with van der Waals surface area (Å²) in [5.74, 6) is -0.485. The van der Waals surface area contributed by atoms with E-state index < -0.39 is 20.0 Å². The number of amides is 1. The lowest BCUT2D eigenvalue weighted by atomic mass is 10.0. The molecule has 2 N–H and O–H groups in total. The average Bonchev–Trinajstić information content (AvgIpc) is 3.43. The van der Waals surface area contributed by atoms with Gasteiger partial charge in [0.25, 0.3) is 0 Å². The van der Waals surface area contributed by atoms with E-state index >= 15 is 0 Å². The van der Waals surface area contributed by atoms with Gasteiger partial charge in [-0.15, -0.1) is 0 Å². The van der Waals surface area contributed by atoms with Gasteiger partial charge in [0.1, 0.15) is 19.3 Å². The van der Waals surface area contributed by atoms with Crippen molar-refractivity contribution < 1.29 is 37.3 Å². The second-order valence-corrected chi connectivity index (χ2v) is 26.9. The molecular formula is C71H138N2O7P+. The van der Waals surface area contributed by atoms with Crippen molar-refractivity contribution in [2.45, 2.75) is 367 Å². The zero-order chi connectivity index (χ0) is 59.3. The molecular weight excluding hydrogens is 1020 g/mol. The molecule has 0 heterocycles. The standard InChI is InChI=1S/C71H137N2O7P/c1-7-10-13-16-19-22-25-27-29-31-32-33-34-35-36-37-38-39-40-42-43-45-48-51-54-57-60-63-70(74)72-68(67-79-81(76,77)78-66-65-73(4,5)6)69(62-59-56-53-50-47-24-21-18-15-12-9-3)80-71(75)64-61-58-55-52-49-46-44-41-30-28-26-23-20-17-14-11-8-2/h19,22,27,29,59,62,68-69H,7-18,20-21,23-26,28,30-58,60-61,63-67H2,1-6H3,(H-,72,74,76,77)/p+1/b22-19-,29-27-,62-59-. The molecule has 0 aromatic heterocycles. The Bertz CT molecular complexity index is 1480. The first-order chi connectivity index (χ1) is 39.4. The molecule has 0 aliphatic rings. The van der Waals surface area contributed by atoms with Crippen LogP contribution in [-0.2, 0) is 27.9 Å². The third kappa shape index (κ3) is 62.6. The van der Waals surface area contributed by atoms with Crippen LogP contribution in [-0.4, -0.2) is 74.3 Å². The molecule has 0 rings (SSSR count). The number of ether oxygens (including phenoxy) is 1. The van der Waals surface area contributed by atoms with Gasteiger partial charge >= 0.3 is 13.8 Å². The number of esters is 1. The summed E-state index contributed by atoms with van der Waals surface area (Å²) >= 11 is 0. The number of nitrogens with zero attached hydrogens (tertiary/aromatic N) is 1. The third-order valence-corrected chi connectivity index (χ3v) is 17.1. The molecule has 0 saturated carbocycles. The predicted octanol–water partition coefficient (Wildman–Crippen LogP) is 22.2. The minimum atomic E-state index is -4.45. The number of phosphoric ester groups is 1. The molecule has 10 heteroatoms. The number of quaternary nitrogens is 1.